The summed E-state index contributed by atoms with van der Waals surface area (Å²) in [5.41, 5.74) is 2.64. The largest absolute Gasteiger partial charge is 0.465 e. The lowest BCUT2D eigenvalue weighted by Crippen LogP contribution is -2.28. The molecule has 100 valence electrons. The number of nitrogens with zero attached hydrogens (tertiary/aromatic N) is 1. The normalized spacial score (nSPS) is 10.6. The predicted molar refractivity (Wildman–Crippen MR) is 78.9 cm³/mol. The summed E-state index contributed by atoms with van der Waals surface area (Å²) in [7, 11) is 0. The fourth-order valence-corrected chi connectivity index (χ4v) is 2.24. The highest BCUT2D eigenvalue weighted by molar-refractivity contribution is 5.91. The highest BCUT2D eigenvalue weighted by Crippen LogP contribution is 2.23. The molecule has 0 aliphatic rings. The van der Waals surface area contributed by atoms with Gasteiger partial charge >= 0.3 is 6.09 Å². The maximum absolute atomic E-state index is 11.5. The third-order valence-corrected chi connectivity index (χ3v) is 3.26. The van der Waals surface area contributed by atoms with Crippen LogP contribution in [-0.2, 0) is 6.54 Å². The molecule has 0 saturated carbocycles. The number of aromatic amines is 1. The number of hydrogen-bond donors (Lipinski definition) is 2. The van der Waals surface area contributed by atoms with Crippen LogP contribution in [0.4, 0.5) is 10.5 Å². The van der Waals surface area contributed by atoms with E-state index in [0.717, 1.165) is 16.5 Å². The average molecular weight is 266 g/mol. The second-order valence-corrected chi connectivity index (χ2v) is 4.60. The van der Waals surface area contributed by atoms with E-state index in [-0.39, 0.29) is 0 Å². The van der Waals surface area contributed by atoms with Crippen LogP contribution < -0.4 is 4.90 Å². The molecule has 0 bridgehead atoms. The van der Waals surface area contributed by atoms with Gasteiger partial charge in [0.25, 0.3) is 0 Å². The van der Waals surface area contributed by atoms with Gasteiger partial charge in [-0.25, -0.2) is 4.79 Å². The van der Waals surface area contributed by atoms with Crippen LogP contribution in [0.15, 0.2) is 60.8 Å². The molecule has 4 nitrogen and oxygen atoms in total. The molecule has 0 unspecified atom stereocenters. The summed E-state index contributed by atoms with van der Waals surface area (Å²) in [5, 5.41) is 10.4. The van der Waals surface area contributed by atoms with Gasteiger partial charge in [-0.3, -0.25) is 4.90 Å². The minimum Gasteiger partial charge on any atom is -0.465 e. The van der Waals surface area contributed by atoms with Crippen LogP contribution in [-0.4, -0.2) is 16.2 Å². The molecule has 1 amide bonds. The zero-order valence-electron chi connectivity index (χ0n) is 10.8. The molecule has 0 aliphatic heterocycles. The van der Waals surface area contributed by atoms with Crippen molar-refractivity contribution in [3.63, 3.8) is 0 Å². The first kappa shape index (κ1) is 12.3. The van der Waals surface area contributed by atoms with Crippen molar-refractivity contribution in [2.24, 2.45) is 0 Å². The fraction of sp³-hybridized carbons (Fsp3) is 0.0625. The van der Waals surface area contributed by atoms with Crippen LogP contribution in [0, 0.1) is 0 Å². The zero-order valence-corrected chi connectivity index (χ0v) is 10.8. The van der Waals surface area contributed by atoms with Gasteiger partial charge in [-0.15, -0.1) is 0 Å². The number of benzene rings is 2. The van der Waals surface area contributed by atoms with E-state index in [4.69, 9.17) is 0 Å². The average Bonchev–Trinajstić information content (AvgIpc) is 2.93. The van der Waals surface area contributed by atoms with Crippen molar-refractivity contribution in [1.29, 1.82) is 0 Å². The van der Waals surface area contributed by atoms with Gasteiger partial charge in [-0.1, -0.05) is 30.3 Å². The second-order valence-electron chi connectivity index (χ2n) is 4.60. The fourth-order valence-electron chi connectivity index (χ4n) is 2.24. The molecule has 0 atom stereocenters. The Bertz CT molecular complexity index is 734. The van der Waals surface area contributed by atoms with E-state index in [9.17, 15) is 9.90 Å². The number of carbonyl (C=O) groups is 1. The summed E-state index contributed by atoms with van der Waals surface area (Å²) in [5.74, 6) is 0. The van der Waals surface area contributed by atoms with Crippen LogP contribution in [0.2, 0.25) is 0 Å². The summed E-state index contributed by atoms with van der Waals surface area (Å²) in [6.07, 6.45) is 0.889. The molecule has 0 radical (unpaired) electrons. The first-order valence-corrected chi connectivity index (χ1v) is 6.35. The lowest BCUT2D eigenvalue weighted by atomic mass is 10.2. The number of anilines is 1. The van der Waals surface area contributed by atoms with E-state index in [1.54, 1.807) is 0 Å². The summed E-state index contributed by atoms with van der Waals surface area (Å²) in [6.45, 7) is 0.339. The maximum Gasteiger partial charge on any atom is 0.412 e. The van der Waals surface area contributed by atoms with E-state index < -0.39 is 6.09 Å². The Balaban J connectivity index is 1.95. The Kier molecular flexibility index (Phi) is 3.13. The molecule has 0 fully saturated rings. The van der Waals surface area contributed by atoms with Crippen molar-refractivity contribution < 1.29 is 9.90 Å². The Hall–Kier alpha value is -2.75. The third kappa shape index (κ3) is 2.36. The first-order chi connectivity index (χ1) is 9.74. The van der Waals surface area contributed by atoms with Crippen LogP contribution in [0.5, 0.6) is 0 Å². The molecule has 2 N–H and O–H groups in total. The third-order valence-electron chi connectivity index (χ3n) is 3.26. The van der Waals surface area contributed by atoms with Crippen LogP contribution in [0.3, 0.4) is 0 Å². The quantitative estimate of drug-likeness (QED) is 0.756. The molecular formula is C16H14N2O2. The van der Waals surface area contributed by atoms with Crippen LogP contribution in [0.25, 0.3) is 10.9 Å². The second kappa shape index (κ2) is 5.09. The Labute approximate surface area is 116 Å². The Morgan fingerprint density at radius 3 is 2.65 bits per heavy atom. The van der Waals surface area contributed by atoms with Gasteiger partial charge in [-0.2, -0.15) is 0 Å². The summed E-state index contributed by atoms with van der Waals surface area (Å²) >= 11 is 0. The number of carboxylic acid groups (broad SMARTS) is 1. The number of rotatable bonds is 3. The minimum absolute atomic E-state index is 0.339. The van der Waals surface area contributed by atoms with Crippen molar-refractivity contribution in [3.05, 3.63) is 66.4 Å². The number of fused-ring (bicyclic) bond motifs is 1. The SMILES string of the molecule is O=C(O)N(Cc1ccccc1)c1ccc2[nH]ccc2c1. The minimum atomic E-state index is -0.955. The first-order valence-electron chi connectivity index (χ1n) is 6.35. The van der Waals surface area contributed by atoms with Gasteiger partial charge in [0.1, 0.15) is 0 Å². The van der Waals surface area contributed by atoms with Gasteiger partial charge in [-0.05, 0) is 29.8 Å². The summed E-state index contributed by atoms with van der Waals surface area (Å²) in [6, 6.07) is 17.1. The lowest BCUT2D eigenvalue weighted by molar-refractivity contribution is 0.201. The smallest absolute Gasteiger partial charge is 0.412 e. The molecular weight excluding hydrogens is 252 g/mol. The highest BCUT2D eigenvalue weighted by atomic mass is 16.4. The standard InChI is InChI=1S/C16H14N2O2/c19-16(20)18(11-12-4-2-1-3-5-12)14-6-7-15-13(10-14)8-9-17-15/h1-10,17H,11H2,(H,19,20). The van der Waals surface area contributed by atoms with E-state index in [0.29, 0.717) is 12.2 Å². The van der Waals surface area contributed by atoms with Crippen molar-refractivity contribution >= 4 is 22.7 Å². The topological polar surface area (TPSA) is 56.3 Å². The molecule has 0 saturated heterocycles. The van der Waals surface area contributed by atoms with Crippen molar-refractivity contribution in [2.45, 2.75) is 6.54 Å². The van der Waals surface area contributed by atoms with Gasteiger partial charge in [0.05, 0.1) is 6.54 Å². The molecule has 0 spiro atoms. The molecule has 1 heterocycles. The molecule has 0 aliphatic carbocycles. The van der Waals surface area contributed by atoms with Gasteiger partial charge in [0, 0.05) is 22.8 Å². The number of aromatic nitrogens is 1. The van der Waals surface area contributed by atoms with Crippen LogP contribution in [0.1, 0.15) is 5.56 Å². The Morgan fingerprint density at radius 2 is 1.90 bits per heavy atom. The summed E-state index contributed by atoms with van der Waals surface area (Å²) < 4.78 is 0. The molecule has 3 aromatic rings. The number of H-pyrrole nitrogens is 1. The Morgan fingerprint density at radius 1 is 1.10 bits per heavy atom. The zero-order chi connectivity index (χ0) is 13.9. The molecule has 3 rings (SSSR count). The van der Waals surface area contributed by atoms with Gasteiger partial charge in [0.15, 0.2) is 0 Å². The number of amides is 1. The van der Waals surface area contributed by atoms with E-state index in [1.165, 1.54) is 4.90 Å². The lowest BCUT2D eigenvalue weighted by Gasteiger charge is -2.19. The number of hydrogen-bond acceptors (Lipinski definition) is 1. The molecule has 4 heteroatoms. The molecule has 2 aromatic carbocycles. The van der Waals surface area contributed by atoms with Crippen LogP contribution >= 0.6 is 0 Å². The van der Waals surface area contributed by atoms with Crippen molar-refractivity contribution in [1.82, 2.24) is 4.98 Å². The monoisotopic (exact) mass is 266 g/mol. The number of nitrogens with one attached hydrogen (secondary N) is 1. The van der Waals surface area contributed by atoms with Crippen molar-refractivity contribution in [3.8, 4) is 0 Å². The predicted octanol–water partition coefficient (Wildman–Crippen LogP) is 3.85. The van der Waals surface area contributed by atoms with Gasteiger partial charge in [0.2, 0.25) is 0 Å². The summed E-state index contributed by atoms with van der Waals surface area (Å²) in [4.78, 5) is 15.9. The van der Waals surface area contributed by atoms with Crippen molar-refractivity contribution in [2.75, 3.05) is 4.90 Å². The maximum atomic E-state index is 11.5. The molecule has 20 heavy (non-hydrogen) atoms. The van der Waals surface area contributed by atoms with E-state index in [2.05, 4.69) is 4.98 Å². The molecule has 1 aromatic heterocycles. The highest BCUT2D eigenvalue weighted by Gasteiger charge is 2.15. The van der Waals surface area contributed by atoms with Gasteiger partial charge < -0.3 is 10.1 Å². The van der Waals surface area contributed by atoms with E-state index >= 15 is 0 Å². The van der Waals surface area contributed by atoms with E-state index in [1.807, 2.05) is 60.8 Å².